The molecule has 16 heavy (non-hydrogen) atoms. The molecule has 1 heterocycles. The number of aliphatic hydroxyl groups excluding tert-OH is 1. The quantitative estimate of drug-likeness (QED) is 0.787. The molecule has 1 aromatic carbocycles. The summed E-state index contributed by atoms with van der Waals surface area (Å²) in [6.45, 7) is 2.22. The highest BCUT2D eigenvalue weighted by Gasteiger charge is 2.19. The average Bonchev–Trinajstić information content (AvgIpc) is 2.39. The van der Waals surface area contributed by atoms with Crippen molar-refractivity contribution in [1.82, 2.24) is 0 Å². The third-order valence-electron chi connectivity index (χ3n) is 3.17. The number of carbonyl (C=O) groups is 1. The number of hydrogen-bond donors (Lipinski definition) is 1. The highest BCUT2D eigenvalue weighted by molar-refractivity contribution is 5.75. The Bertz CT molecular complexity index is 347. The molecule has 0 aromatic heterocycles. The lowest BCUT2D eigenvalue weighted by Crippen LogP contribution is -2.36. The van der Waals surface area contributed by atoms with Gasteiger partial charge in [0.05, 0.1) is 0 Å². The SMILES string of the molecule is O=Cc1ccc(N2CCCC(CO)C2)cc1. The fourth-order valence-corrected chi connectivity index (χ4v) is 2.21. The van der Waals surface area contributed by atoms with Crippen molar-refractivity contribution >= 4 is 12.0 Å². The minimum absolute atomic E-state index is 0.267. The highest BCUT2D eigenvalue weighted by atomic mass is 16.3. The van der Waals surface area contributed by atoms with Crippen LogP contribution >= 0.6 is 0 Å². The van der Waals surface area contributed by atoms with Gasteiger partial charge in [0.1, 0.15) is 6.29 Å². The van der Waals surface area contributed by atoms with E-state index in [2.05, 4.69) is 4.90 Å². The van der Waals surface area contributed by atoms with E-state index < -0.39 is 0 Å². The zero-order valence-corrected chi connectivity index (χ0v) is 9.30. The average molecular weight is 219 g/mol. The molecular formula is C13H17NO2. The van der Waals surface area contributed by atoms with Crippen molar-refractivity contribution < 1.29 is 9.90 Å². The maximum Gasteiger partial charge on any atom is 0.150 e. The summed E-state index contributed by atoms with van der Waals surface area (Å²) < 4.78 is 0. The molecule has 3 nitrogen and oxygen atoms in total. The van der Waals surface area contributed by atoms with E-state index in [1.165, 1.54) is 0 Å². The second kappa shape index (κ2) is 5.12. The molecule has 1 saturated heterocycles. The Kier molecular flexibility index (Phi) is 3.57. The molecule has 0 aliphatic carbocycles. The first-order chi connectivity index (χ1) is 7.83. The van der Waals surface area contributed by atoms with Crippen molar-refractivity contribution in [2.45, 2.75) is 12.8 Å². The van der Waals surface area contributed by atoms with Gasteiger partial charge in [0.25, 0.3) is 0 Å². The molecule has 1 atom stereocenters. The van der Waals surface area contributed by atoms with E-state index in [9.17, 15) is 4.79 Å². The Morgan fingerprint density at radius 3 is 2.75 bits per heavy atom. The van der Waals surface area contributed by atoms with Crippen LogP contribution in [-0.2, 0) is 0 Å². The van der Waals surface area contributed by atoms with E-state index in [1.807, 2.05) is 24.3 Å². The Labute approximate surface area is 95.7 Å². The van der Waals surface area contributed by atoms with Crippen LogP contribution in [0.4, 0.5) is 5.69 Å². The van der Waals surface area contributed by atoms with E-state index in [1.54, 1.807) is 0 Å². The fourth-order valence-electron chi connectivity index (χ4n) is 2.21. The summed E-state index contributed by atoms with van der Waals surface area (Å²) in [6.07, 6.45) is 3.09. The number of rotatable bonds is 3. The molecule has 0 amide bonds. The second-order valence-corrected chi connectivity index (χ2v) is 4.35. The van der Waals surface area contributed by atoms with Crippen LogP contribution in [0.15, 0.2) is 24.3 Å². The number of aldehydes is 1. The minimum Gasteiger partial charge on any atom is -0.396 e. The lowest BCUT2D eigenvalue weighted by Gasteiger charge is -2.33. The van der Waals surface area contributed by atoms with E-state index >= 15 is 0 Å². The van der Waals surface area contributed by atoms with Gasteiger partial charge >= 0.3 is 0 Å². The van der Waals surface area contributed by atoms with Crippen molar-refractivity contribution in [3.63, 3.8) is 0 Å². The number of anilines is 1. The van der Waals surface area contributed by atoms with Crippen molar-refractivity contribution in [1.29, 1.82) is 0 Å². The Balaban J connectivity index is 2.07. The van der Waals surface area contributed by atoms with E-state index in [4.69, 9.17) is 5.11 Å². The van der Waals surface area contributed by atoms with Crippen LogP contribution in [-0.4, -0.2) is 31.1 Å². The van der Waals surface area contributed by atoms with Crippen LogP contribution in [0.3, 0.4) is 0 Å². The van der Waals surface area contributed by atoms with Crippen LogP contribution in [0.1, 0.15) is 23.2 Å². The molecule has 3 heteroatoms. The molecule has 1 unspecified atom stereocenters. The zero-order chi connectivity index (χ0) is 11.4. The standard InChI is InChI=1S/C13H17NO2/c15-9-11-3-5-13(6-4-11)14-7-1-2-12(8-14)10-16/h3-6,9,12,16H,1-2,7-8,10H2. The summed E-state index contributed by atoms with van der Waals surface area (Å²) in [7, 11) is 0. The molecule has 1 aromatic rings. The summed E-state index contributed by atoms with van der Waals surface area (Å²) >= 11 is 0. The lowest BCUT2D eigenvalue weighted by molar-refractivity contribution is 0.112. The predicted octanol–water partition coefficient (Wildman–Crippen LogP) is 1.71. The number of hydrogen-bond acceptors (Lipinski definition) is 3. The fraction of sp³-hybridized carbons (Fsp3) is 0.462. The summed E-state index contributed by atoms with van der Waals surface area (Å²) in [5.74, 6) is 0.388. The van der Waals surface area contributed by atoms with Crippen LogP contribution < -0.4 is 4.90 Å². The molecule has 0 radical (unpaired) electrons. The van der Waals surface area contributed by atoms with Crippen LogP contribution in [0.2, 0.25) is 0 Å². The van der Waals surface area contributed by atoms with Gasteiger partial charge in [0.2, 0.25) is 0 Å². The molecule has 2 rings (SSSR count). The second-order valence-electron chi connectivity index (χ2n) is 4.35. The normalized spacial score (nSPS) is 20.8. The number of carbonyl (C=O) groups excluding carboxylic acids is 1. The number of nitrogens with zero attached hydrogens (tertiary/aromatic N) is 1. The monoisotopic (exact) mass is 219 g/mol. The third kappa shape index (κ3) is 2.42. The van der Waals surface area contributed by atoms with Gasteiger partial charge in [-0.3, -0.25) is 4.79 Å². The van der Waals surface area contributed by atoms with Gasteiger partial charge in [-0.2, -0.15) is 0 Å². The maximum absolute atomic E-state index is 10.5. The van der Waals surface area contributed by atoms with Gasteiger partial charge < -0.3 is 10.0 Å². The largest absolute Gasteiger partial charge is 0.396 e. The first-order valence-electron chi connectivity index (χ1n) is 5.74. The molecule has 86 valence electrons. The zero-order valence-electron chi connectivity index (χ0n) is 9.30. The molecule has 0 bridgehead atoms. The lowest BCUT2D eigenvalue weighted by atomic mass is 9.98. The topological polar surface area (TPSA) is 40.5 Å². The predicted molar refractivity (Wildman–Crippen MR) is 63.9 cm³/mol. The summed E-state index contributed by atoms with van der Waals surface area (Å²) in [5, 5.41) is 9.16. The Hall–Kier alpha value is -1.35. The third-order valence-corrected chi connectivity index (χ3v) is 3.17. The van der Waals surface area contributed by atoms with Crippen LogP contribution in [0.5, 0.6) is 0 Å². The van der Waals surface area contributed by atoms with Gasteiger partial charge in [-0.05, 0) is 43.0 Å². The summed E-state index contributed by atoms with van der Waals surface area (Å²) in [6, 6.07) is 7.63. The minimum atomic E-state index is 0.267. The Morgan fingerprint density at radius 2 is 2.12 bits per heavy atom. The summed E-state index contributed by atoms with van der Waals surface area (Å²) in [4.78, 5) is 12.8. The molecule has 1 aliphatic rings. The molecule has 1 aliphatic heterocycles. The highest BCUT2D eigenvalue weighted by Crippen LogP contribution is 2.22. The van der Waals surface area contributed by atoms with Crippen molar-refractivity contribution in [2.24, 2.45) is 5.92 Å². The summed E-state index contributed by atoms with van der Waals surface area (Å²) in [5.41, 5.74) is 1.85. The first-order valence-corrected chi connectivity index (χ1v) is 5.74. The molecular weight excluding hydrogens is 202 g/mol. The Morgan fingerprint density at radius 1 is 1.38 bits per heavy atom. The van der Waals surface area contributed by atoms with Gasteiger partial charge in [-0.15, -0.1) is 0 Å². The molecule has 0 spiro atoms. The van der Waals surface area contributed by atoms with Gasteiger partial charge in [-0.25, -0.2) is 0 Å². The van der Waals surface area contributed by atoms with E-state index in [0.29, 0.717) is 11.5 Å². The molecule has 0 saturated carbocycles. The van der Waals surface area contributed by atoms with Gasteiger partial charge in [-0.1, -0.05) is 0 Å². The van der Waals surface area contributed by atoms with E-state index in [0.717, 1.165) is 37.9 Å². The van der Waals surface area contributed by atoms with Crippen molar-refractivity contribution in [3.05, 3.63) is 29.8 Å². The first kappa shape index (κ1) is 11.1. The van der Waals surface area contributed by atoms with E-state index in [-0.39, 0.29) is 6.61 Å². The molecule has 1 N–H and O–H groups in total. The van der Waals surface area contributed by atoms with Crippen LogP contribution in [0.25, 0.3) is 0 Å². The smallest absolute Gasteiger partial charge is 0.150 e. The van der Waals surface area contributed by atoms with Gasteiger partial charge in [0.15, 0.2) is 0 Å². The van der Waals surface area contributed by atoms with Crippen molar-refractivity contribution in [3.8, 4) is 0 Å². The molecule has 1 fully saturated rings. The number of piperidine rings is 1. The van der Waals surface area contributed by atoms with Crippen molar-refractivity contribution in [2.75, 3.05) is 24.6 Å². The van der Waals surface area contributed by atoms with Crippen LogP contribution in [0, 0.1) is 5.92 Å². The van der Waals surface area contributed by atoms with Gasteiger partial charge in [0, 0.05) is 30.9 Å². The number of aliphatic hydroxyl groups is 1. The number of benzene rings is 1. The maximum atomic E-state index is 10.5.